The standard InChI is InChI=1S/C13H15NO4S/c15-13(16)10-3-6-12-9(8-10)2-1-7-14(12)19(17,18)11-4-5-11/h3,6,8,11H,1-2,4-5,7H2,(H,15,16). The zero-order valence-electron chi connectivity index (χ0n) is 10.4. The molecular weight excluding hydrogens is 266 g/mol. The first-order valence-electron chi connectivity index (χ1n) is 6.38. The Bertz CT molecular complexity index is 634. The van der Waals surface area contributed by atoms with Gasteiger partial charge in [-0.2, -0.15) is 0 Å². The second kappa shape index (κ2) is 4.23. The summed E-state index contributed by atoms with van der Waals surface area (Å²) in [5.41, 5.74) is 1.68. The van der Waals surface area contributed by atoms with Gasteiger partial charge < -0.3 is 5.11 Å². The van der Waals surface area contributed by atoms with Gasteiger partial charge in [-0.05, 0) is 49.4 Å². The van der Waals surface area contributed by atoms with Gasteiger partial charge in [0.2, 0.25) is 10.0 Å². The Hall–Kier alpha value is -1.56. The molecule has 1 N–H and O–H groups in total. The molecule has 1 heterocycles. The zero-order chi connectivity index (χ0) is 13.6. The fraction of sp³-hybridized carbons (Fsp3) is 0.462. The molecule has 0 amide bonds. The molecule has 0 spiro atoms. The summed E-state index contributed by atoms with van der Waals surface area (Å²) in [5, 5.41) is 8.74. The van der Waals surface area contributed by atoms with E-state index in [1.807, 2.05) is 0 Å². The van der Waals surface area contributed by atoms with Crippen LogP contribution >= 0.6 is 0 Å². The molecule has 6 heteroatoms. The van der Waals surface area contributed by atoms with Gasteiger partial charge in [0.05, 0.1) is 16.5 Å². The molecule has 1 aliphatic heterocycles. The summed E-state index contributed by atoms with van der Waals surface area (Å²) >= 11 is 0. The molecule has 1 aliphatic carbocycles. The maximum absolute atomic E-state index is 12.3. The largest absolute Gasteiger partial charge is 0.478 e. The van der Waals surface area contributed by atoms with E-state index in [1.54, 1.807) is 12.1 Å². The molecule has 19 heavy (non-hydrogen) atoms. The van der Waals surface area contributed by atoms with Gasteiger partial charge in [0.25, 0.3) is 0 Å². The van der Waals surface area contributed by atoms with Gasteiger partial charge in [0, 0.05) is 6.54 Å². The lowest BCUT2D eigenvalue weighted by Crippen LogP contribution is -2.37. The molecule has 2 aliphatic rings. The third-order valence-corrected chi connectivity index (χ3v) is 5.96. The van der Waals surface area contributed by atoms with Crippen LogP contribution in [0.15, 0.2) is 18.2 Å². The highest BCUT2D eigenvalue weighted by atomic mass is 32.2. The summed E-state index contributed by atoms with van der Waals surface area (Å²) in [7, 11) is -3.25. The Kier molecular flexibility index (Phi) is 2.78. The quantitative estimate of drug-likeness (QED) is 0.913. The number of fused-ring (bicyclic) bond motifs is 1. The predicted molar refractivity (Wildman–Crippen MR) is 71.0 cm³/mol. The first-order chi connectivity index (χ1) is 9.00. The summed E-state index contributed by atoms with van der Waals surface area (Å²) in [6.07, 6.45) is 2.94. The lowest BCUT2D eigenvalue weighted by molar-refractivity contribution is 0.0697. The van der Waals surface area contributed by atoms with Crippen LogP contribution in [-0.4, -0.2) is 31.3 Å². The number of hydrogen-bond donors (Lipinski definition) is 1. The van der Waals surface area contributed by atoms with Crippen LogP contribution in [0, 0.1) is 0 Å². The van der Waals surface area contributed by atoms with Crippen LogP contribution in [0.25, 0.3) is 0 Å². The molecule has 1 aromatic rings. The van der Waals surface area contributed by atoms with E-state index < -0.39 is 16.0 Å². The van der Waals surface area contributed by atoms with E-state index in [2.05, 4.69) is 0 Å². The number of sulfonamides is 1. The predicted octanol–water partition coefficient (Wildman–Crippen LogP) is 1.63. The Morgan fingerprint density at radius 1 is 1.32 bits per heavy atom. The average Bonchev–Trinajstić information content (AvgIpc) is 3.21. The second-order valence-corrected chi connectivity index (χ2v) is 7.21. The maximum Gasteiger partial charge on any atom is 0.335 e. The summed E-state index contributed by atoms with van der Waals surface area (Å²) in [6, 6.07) is 4.69. The summed E-state index contributed by atoms with van der Waals surface area (Å²) < 4.78 is 26.1. The smallest absolute Gasteiger partial charge is 0.335 e. The van der Waals surface area contributed by atoms with E-state index in [0.29, 0.717) is 12.2 Å². The number of carboxylic acids is 1. The summed E-state index contributed by atoms with van der Waals surface area (Å²) in [4.78, 5) is 11.0. The Morgan fingerprint density at radius 3 is 2.68 bits per heavy atom. The van der Waals surface area contributed by atoms with E-state index in [4.69, 9.17) is 5.11 Å². The minimum absolute atomic E-state index is 0.212. The number of hydrogen-bond acceptors (Lipinski definition) is 3. The van der Waals surface area contributed by atoms with Crippen molar-refractivity contribution in [3.8, 4) is 0 Å². The number of benzene rings is 1. The number of nitrogens with zero attached hydrogens (tertiary/aromatic N) is 1. The SMILES string of the molecule is O=C(O)c1ccc2c(c1)CCCN2S(=O)(=O)C1CC1. The molecular formula is C13H15NO4S. The van der Waals surface area contributed by atoms with Crippen LogP contribution in [0.2, 0.25) is 0 Å². The van der Waals surface area contributed by atoms with Crippen molar-refractivity contribution in [3.63, 3.8) is 0 Å². The maximum atomic E-state index is 12.3. The van der Waals surface area contributed by atoms with Crippen LogP contribution in [0.5, 0.6) is 0 Å². The topological polar surface area (TPSA) is 74.7 Å². The van der Waals surface area contributed by atoms with E-state index >= 15 is 0 Å². The molecule has 1 fully saturated rings. The summed E-state index contributed by atoms with van der Waals surface area (Å²) in [6.45, 7) is 0.498. The van der Waals surface area contributed by atoms with Crippen LogP contribution in [0.3, 0.4) is 0 Å². The third kappa shape index (κ3) is 2.10. The zero-order valence-corrected chi connectivity index (χ0v) is 11.2. The highest BCUT2D eigenvalue weighted by Crippen LogP contribution is 2.37. The van der Waals surface area contributed by atoms with Crippen LogP contribution < -0.4 is 4.31 Å². The Labute approximate surface area is 111 Å². The fourth-order valence-corrected chi connectivity index (χ4v) is 4.43. The normalized spacial score (nSPS) is 19.1. The molecule has 0 atom stereocenters. The number of aryl methyl sites for hydroxylation is 1. The lowest BCUT2D eigenvalue weighted by Gasteiger charge is -2.30. The molecule has 1 saturated carbocycles. The van der Waals surface area contributed by atoms with Gasteiger partial charge in [-0.25, -0.2) is 13.2 Å². The average molecular weight is 281 g/mol. The van der Waals surface area contributed by atoms with Gasteiger partial charge >= 0.3 is 5.97 Å². The first kappa shape index (κ1) is 12.5. The van der Waals surface area contributed by atoms with Crippen molar-refractivity contribution in [2.45, 2.75) is 30.9 Å². The van der Waals surface area contributed by atoms with Crippen molar-refractivity contribution < 1.29 is 18.3 Å². The number of carbonyl (C=O) groups is 1. The van der Waals surface area contributed by atoms with Gasteiger partial charge in [0.1, 0.15) is 0 Å². The highest BCUT2D eigenvalue weighted by Gasteiger charge is 2.41. The van der Waals surface area contributed by atoms with E-state index in [9.17, 15) is 13.2 Å². The molecule has 5 nitrogen and oxygen atoms in total. The minimum Gasteiger partial charge on any atom is -0.478 e. The minimum atomic E-state index is -3.25. The summed E-state index contributed by atoms with van der Waals surface area (Å²) in [5.74, 6) is -0.982. The number of aromatic carboxylic acids is 1. The molecule has 0 aromatic heterocycles. The van der Waals surface area contributed by atoms with Crippen LogP contribution in [-0.2, 0) is 16.4 Å². The molecule has 1 aromatic carbocycles. The Balaban J connectivity index is 2.03. The molecule has 0 radical (unpaired) electrons. The van der Waals surface area contributed by atoms with Gasteiger partial charge in [-0.1, -0.05) is 0 Å². The van der Waals surface area contributed by atoms with Crippen molar-refractivity contribution in [3.05, 3.63) is 29.3 Å². The van der Waals surface area contributed by atoms with Crippen molar-refractivity contribution in [1.29, 1.82) is 0 Å². The van der Waals surface area contributed by atoms with Crippen molar-refractivity contribution >= 4 is 21.7 Å². The number of anilines is 1. The third-order valence-electron chi connectivity index (χ3n) is 3.66. The van der Waals surface area contributed by atoms with E-state index in [0.717, 1.165) is 31.2 Å². The van der Waals surface area contributed by atoms with Crippen molar-refractivity contribution in [1.82, 2.24) is 0 Å². The molecule has 0 saturated heterocycles. The first-order valence-corrected chi connectivity index (χ1v) is 7.88. The lowest BCUT2D eigenvalue weighted by atomic mass is 10.0. The van der Waals surface area contributed by atoms with Gasteiger partial charge in [0.15, 0.2) is 0 Å². The Morgan fingerprint density at radius 2 is 2.05 bits per heavy atom. The molecule has 0 unspecified atom stereocenters. The number of carboxylic acid groups (broad SMARTS) is 1. The van der Waals surface area contributed by atoms with E-state index in [-0.39, 0.29) is 10.8 Å². The van der Waals surface area contributed by atoms with Crippen molar-refractivity contribution in [2.24, 2.45) is 0 Å². The molecule has 0 bridgehead atoms. The number of rotatable bonds is 3. The van der Waals surface area contributed by atoms with Gasteiger partial charge in [-0.3, -0.25) is 4.31 Å². The molecule has 3 rings (SSSR count). The fourth-order valence-electron chi connectivity index (χ4n) is 2.51. The van der Waals surface area contributed by atoms with Gasteiger partial charge in [-0.15, -0.1) is 0 Å². The van der Waals surface area contributed by atoms with Crippen LogP contribution in [0.1, 0.15) is 35.2 Å². The monoisotopic (exact) mass is 281 g/mol. The highest BCUT2D eigenvalue weighted by molar-refractivity contribution is 7.93. The van der Waals surface area contributed by atoms with Crippen molar-refractivity contribution in [2.75, 3.05) is 10.8 Å². The van der Waals surface area contributed by atoms with E-state index in [1.165, 1.54) is 10.4 Å². The van der Waals surface area contributed by atoms with Crippen LogP contribution in [0.4, 0.5) is 5.69 Å². The molecule has 102 valence electrons. The second-order valence-electron chi connectivity index (χ2n) is 5.07.